The van der Waals surface area contributed by atoms with Crippen LogP contribution in [-0.4, -0.2) is 34.8 Å². The Labute approximate surface area is 166 Å². The van der Waals surface area contributed by atoms with Crippen LogP contribution in [0, 0.1) is 6.92 Å². The van der Waals surface area contributed by atoms with Gasteiger partial charge in [-0.2, -0.15) is 9.50 Å². The van der Waals surface area contributed by atoms with Crippen LogP contribution in [0.5, 0.6) is 0 Å². The number of nitrogens with zero attached hydrogens (tertiary/aromatic N) is 7. The summed E-state index contributed by atoms with van der Waals surface area (Å²) in [7, 11) is 0. The first-order valence-corrected chi connectivity index (χ1v) is 9.09. The van der Waals surface area contributed by atoms with E-state index in [-0.39, 0.29) is 0 Å². The zero-order valence-electron chi connectivity index (χ0n) is 15.6. The van der Waals surface area contributed by atoms with Gasteiger partial charge < -0.3 is 5.32 Å². The fourth-order valence-electron chi connectivity index (χ4n) is 3.01. The highest BCUT2D eigenvalue weighted by Gasteiger charge is 2.15. The monoisotopic (exact) mass is 380 g/mol. The largest absolute Gasteiger partial charge is 0.324 e. The molecule has 0 radical (unpaired) electrons. The summed E-state index contributed by atoms with van der Waals surface area (Å²) in [5.74, 6) is 1.54. The maximum absolute atomic E-state index is 4.60. The molecule has 0 aliphatic heterocycles. The molecule has 8 nitrogen and oxygen atoms in total. The molecule has 0 aliphatic carbocycles. The Balaban J connectivity index is 1.53. The molecule has 29 heavy (non-hydrogen) atoms. The molecule has 2 aromatic carbocycles. The Morgan fingerprint density at radius 2 is 1.59 bits per heavy atom. The van der Waals surface area contributed by atoms with Crippen molar-refractivity contribution in [3.63, 3.8) is 0 Å². The van der Waals surface area contributed by atoms with Crippen molar-refractivity contribution < 1.29 is 0 Å². The Kier molecular flexibility index (Phi) is 4.14. The zero-order valence-corrected chi connectivity index (χ0v) is 15.6. The van der Waals surface area contributed by atoms with Crippen molar-refractivity contribution >= 4 is 17.4 Å². The minimum Gasteiger partial charge on any atom is -0.324 e. The number of anilines is 2. The molecular weight excluding hydrogens is 364 g/mol. The normalized spacial score (nSPS) is 10.9. The van der Waals surface area contributed by atoms with Gasteiger partial charge in [-0.25, -0.2) is 9.97 Å². The highest BCUT2D eigenvalue weighted by atomic mass is 15.4. The maximum Gasteiger partial charge on any atom is 0.272 e. The predicted molar refractivity (Wildman–Crippen MR) is 110 cm³/mol. The van der Waals surface area contributed by atoms with E-state index in [2.05, 4.69) is 35.6 Å². The number of aromatic nitrogens is 7. The van der Waals surface area contributed by atoms with Crippen molar-refractivity contribution in [3.8, 4) is 22.8 Å². The fraction of sp³-hybridized carbons (Fsp3) is 0.0476. The molecule has 0 saturated carbocycles. The highest BCUT2D eigenvalue weighted by molar-refractivity contribution is 5.62. The summed E-state index contributed by atoms with van der Waals surface area (Å²) in [6.45, 7) is 1.92. The number of hydrogen-bond acceptors (Lipinski definition) is 7. The van der Waals surface area contributed by atoms with Gasteiger partial charge in [0.25, 0.3) is 5.78 Å². The molecule has 0 atom stereocenters. The summed E-state index contributed by atoms with van der Waals surface area (Å²) >= 11 is 0. The molecule has 0 bridgehead atoms. The molecule has 0 saturated heterocycles. The number of benzene rings is 2. The molecule has 1 N–H and O–H groups in total. The number of aryl methyl sites for hydroxylation is 1. The van der Waals surface area contributed by atoms with Crippen LogP contribution in [-0.2, 0) is 0 Å². The summed E-state index contributed by atoms with van der Waals surface area (Å²) in [5, 5.41) is 16.4. The van der Waals surface area contributed by atoms with Crippen molar-refractivity contribution in [1.82, 2.24) is 34.8 Å². The molecule has 8 heteroatoms. The van der Waals surface area contributed by atoms with Crippen molar-refractivity contribution in [2.75, 3.05) is 5.32 Å². The molecule has 5 aromatic rings. The minimum absolute atomic E-state index is 0.446. The topological polar surface area (TPSA) is 93.8 Å². The molecule has 5 rings (SSSR count). The van der Waals surface area contributed by atoms with Crippen LogP contribution in [0.25, 0.3) is 28.6 Å². The van der Waals surface area contributed by atoms with E-state index in [1.165, 1.54) is 0 Å². The Hall–Kier alpha value is -4.20. The summed E-state index contributed by atoms with van der Waals surface area (Å²) in [4.78, 5) is 13.4. The maximum atomic E-state index is 4.60. The summed E-state index contributed by atoms with van der Waals surface area (Å²) in [5.41, 5.74) is 3.92. The van der Waals surface area contributed by atoms with Crippen LogP contribution in [0.15, 0.2) is 72.9 Å². The van der Waals surface area contributed by atoms with E-state index in [0.717, 1.165) is 16.9 Å². The van der Waals surface area contributed by atoms with Gasteiger partial charge in [0.2, 0.25) is 5.95 Å². The zero-order chi connectivity index (χ0) is 19.6. The molecule has 0 amide bonds. The highest BCUT2D eigenvalue weighted by Crippen LogP contribution is 2.22. The van der Waals surface area contributed by atoms with Gasteiger partial charge in [-0.1, -0.05) is 48.5 Å². The smallest absolute Gasteiger partial charge is 0.272 e. The molecule has 0 aliphatic rings. The van der Waals surface area contributed by atoms with E-state index in [1.807, 2.05) is 67.6 Å². The summed E-state index contributed by atoms with van der Waals surface area (Å²) in [6, 6.07) is 21.3. The first-order valence-electron chi connectivity index (χ1n) is 9.09. The molecule has 0 spiro atoms. The van der Waals surface area contributed by atoms with Crippen LogP contribution in [0.3, 0.4) is 0 Å². The average molecular weight is 380 g/mol. The first-order chi connectivity index (χ1) is 14.3. The van der Waals surface area contributed by atoms with Gasteiger partial charge in [-0.15, -0.1) is 15.3 Å². The van der Waals surface area contributed by atoms with Gasteiger partial charge in [0.15, 0.2) is 5.82 Å². The number of rotatable bonds is 4. The minimum atomic E-state index is 0.446. The number of fused-ring (bicyclic) bond motifs is 1. The molecular formula is C21H16N8. The van der Waals surface area contributed by atoms with Crippen LogP contribution in [0.1, 0.15) is 5.69 Å². The van der Waals surface area contributed by atoms with E-state index < -0.39 is 0 Å². The molecule has 3 heterocycles. The second-order valence-corrected chi connectivity index (χ2v) is 6.40. The van der Waals surface area contributed by atoms with Crippen molar-refractivity contribution in [1.29, 1.82) is 0 Å². The Bertz CT molecular complexity index is 1280. The number of hydrogen-bond donors (Lipinski definition) is 1. The molecule has 3 aromatic heterocycles. The van der Waals surface area contributed by atoms with E-state index in [9.17, 15) is 0 Å². The van der Waals surface area contributed by atoms with Crippen LogP contribution >= 0.6 is 0 Å². The van der Waals surface area contributed by atoms with Crippen molar-refractivity contribution in [2.45, 2.75) is 6.92 Å². The Morgan fingerprint density at radius 3 is 2.38 bits per heavy atom. The van der Waals surface area contributed by atoms with E-state index in [0.29, 0.717) is 28.9 Å². The van der Waals surface area contributed by atoms with E-state index in [4.69, 9.17) is 0 Å². The quantitative estimate of drug-likeness (QED) is 0.508. The fourth-order valence-corrected chi connectivity index (χ4v) is 3.01. The second kappa shape index (κ2) is 7.08. The van der Waals surface area contributed by atoms with Gasteiger partial charge in [-0.05, 0) is 25.1 Å². The van der Waals surface area contributed by atoms with E-state index in [1.54, 1.807) is 16.8 Å². The van der Waals surface area contributed by atoms with Gasteiger partial charge in [0, 0.05) is 17.4 Å². The molecule has 0 unspecified atom stereocenters. The van der Waals surface area contributed by atoms with Crippen LogP contribution in [0.4, 0.5) is 11.6 Å². The van der Waals surface area contributed by atoms with E-state index >= 15 is 0 Å². The number of nitrogens with one attached hydrogen (secondary N) is 1. The van der Waals surface area contributed by atoms with Crippen LogP contribution < -0.4 is 5.32 Å². The lowest BCUT2D eigenvalue weighted by Crippen LogP contribution is -2.05. The Morgan fingerprint density at radius 1 is 0.828 bits per heavy atom. The standard InChI is InChI=1S/C21H16N8/c1-14-18(17-12-13-22-20(24-17)23-16-10-6-3-7-11-16)26-27-21-25-19(28-29(14)21)15-8-4-2-5-9-15/h2-13H,1H3,(H,22,23,24). The van der Waals surface area contributed by atoms with Gasteiger partial charge in [-0.3, -0.25) is 0 Å². The van der Waals surface area contributed by atoms with Crippen LogP contribution in [0.2, 0.25) is 0 Å². The number of para-hydroxylation sites is 1. The summed E-state index contributed by atoms with van der Waals surface area (Å²) in [6.07, 6.45) is 1.69. The molecule has 0 fully saturated rings. The lowest BCUT2D eigenvalue weighted by molar-refractivity contribution is 0.852. The average Bonchev–Trinajstić information content (AvgIpc) is 3.21. The van der Waals surface area contributed by atoms with Gasteiger partial charge in [0.05, 0.1) is 11.4 Å². The van der Waals surface area contributed by atoms with Gasteiger partial charge in [0.1, 0.15) is 5.69 Å². The third kappa shape index (κ3) is 3.27. The predicted octanol–water partition coefficient (Wildman–Crippen LogP) is 3.70. The van der Waals surface area contributed by atoms with Crippen molar-refractivity contribution in [3.05, 3.63) is 78.6 Å². The third-order valence-electron chi connectivity index (χ3n) is 4.45. The first kappa shape index (κ1) is 16.9. The second-order valence-electron chi connectivity index (χ2n) is 6.40. The molecule has 140 valence electrons. The lowest BCUT2D eigenvalue weighted by Gasteiger charge is -2.07. The SMILES string of the molecule is Cc1c(-c2ccnc(Nc3ccccc3)n2)nnc2nc(-c3ccccc3)nn12. The third-order valence-corrected chi connectivity index (χ3v) is 4.45. The summed E-state index contributed by atoms with van der Waals surface area (Å²) < 4.78 is 1.69. The lowest BCUT2D eigenvalue weighted by atomic mass is 10.2. The van der Waals surface area contributed by atoms with Crippen molar-refractivity contribution in [2.24, 2.45) is 0 Å². The van der Waals surface area contributed by atoms with Gasteiger partial charge >= 0.3 is 0 Å².